The molecule has 86 valence electrons. The van der Waals surface area contributed by atoms with E-state index in [0.29, 0.717) is 5.92 Å². The van der Waals surface area contributed by atoms with Crippen molar-refractivity contribution in [3.63, 3.8) is 0 Å². The molecule has 1 N–H and O–H groups in total. The molecule has 1 atom stereocenters. The number of nitrogens with one attached hydrogen (secondary N) is 1. The lowest BCUT2D eigenvalue weighted by Crippen LogP contribution is -2.27. The van der Waals surface area contributed by atoms with Gasteiger partial charge in [-0.1, -0.05) is 13.3 Å². The minimum Gasteiger partial charge on any atom is -0.383 e. The third-order valence-corrected chi connectivity index (χ3v) is 3.11. The maximum absolute atomic E-state index is 4.99. The maximum Gasteiger partial charge on any atom is 0.0794 e. The number of nitrogens with zero attached hydrogens (tertiary/aromatic N) is 1. The van der Waals surface area contributed by atoms with Gasteiger partial charge in [0.25, 0.3) is 0 Å². The van der Waals surface area contributed by atoms with Crippen LogP contribution in [0.15, 0.2) is 10.9 Å². The Bertz CT molecular complexity index is 239. The van der Waals surface area contributed by atoms with E-state index in [9.17, 15) is 0 Å². The molecule has 0 bridgehead atoms. The van der Waals surface area contributed by atoms with E-state index < -0.39 is 0 Å². The number of aromatic nitrogens is 1. The summed E-state index contributed by atoms with van der Waals surface area (Å²) < 4.78 is 4.99. The van der Waals surface area contributed by atoms with E-state index in [0.717, 1.165) is 26.1 Å². The van der Waals surface area contributed by atoms with Crippen LogP contribution in [0, 0.1) is 5.92 Å². The Kier molecular flexibility index (Phi) is 6.55. The monoisotopic (exact) mass is 228 g/mol. The largest absolute Gasteiger partial charge is 0.383 e. The third-order valence-electron chi connectivity index (χ3n) is 2.47. The van der Waals surface area contributed by atoms with E-state index in [1.807, 2.05) is 5.51 Å². The summed E-state index contributed by atoms with van der Waals surface area (Å²) in [6.45, 7) is 5.00. The average Bonchev–Trinajstić information content (AvgIpc) is 2.75. The predicted octanol–water partition coefficient (Wildman–Crippen LogP) is 1.95. The summed E-state index contributed by atoms with van der Waals surface area (Å²) in [5.74, 6) is 0.684. The van der Waals surface area contributed by atoms with Gasteiger partial charge in [0.1, 0.15) is 0 Å². The van der Waals surface area contributed by atoms with Gasteiger partial charge in [0.15, 0.2) is 0 Å². The molecule has 0 aliphatic rings. The number of hydrogen-bond donors (Lipinski definition) is 1. The molecule has 4 heteroatoms. The maximum atomic E-state index is 4.99. The van der Waals surface area contributed by atoms with Crippen LogP contribution in [0.2, 0.25) is 0 Å². The molecule has 0 aliphatic carbocycles. The Morgan fingerprint density at radius 1 is 1.60 bits per heavy atom. The highest BCUT2D eigenvalue weighted by atomic mass is 32.1. The molecular formula is C11H20N2OS. The van der Waals surface area contributed by atoms with E-state index in [4.69, 9.17) is 4.74 Å². The van der Waals surface area contributed by atoms with Gasteiger partial charge >= 0.3 is 0 Å². The average molecular weight is 228 g/mol. The van der Waals surface area contributed by atoms with Gasteiger partial charge in [0, 0.05) is 19.0 Å². The lowest BCUT2D eigenvalue weighted by Gasteiger charge is -2.14. The first-order valence-corrected chi connectivity index (χ1v) is 6.37. The number of thiazole rings is 1. The van der Waals surface area contributed by atoms with Crippen LogP contribution >= 0.6 is 11.3 Å². The van der Waals surface area contributed by atoms with Crippen LogP contribution in [0.4, 0.5) is 0 Å². The third kappa shape index (κ3) is 5.25. The standard InChI is InChI=1S/C11H20N2OS/c1-3-10(7-12-4-5-14-2)6-11-8-15-9-13-11/h8-10,12H,3-7H2,1-2H3. The summed E-state index contributed by atoms with van der Waals surface area (Å²) >= 11 is 1.67. The molecule has 1 aromatic rings. The molecule has 0 saturated heterocycles. The molecule has 0 spiro atoms. The van der Waals surface area contributed by atoms with E-state index in [2.05, 4.69) is 22.6 Å². The van der Waals surface area contributed by atoms with Gasteiger partial charge in [-0.05, 0) is 18.9 Å². The van der Waals surface area contributed by atoms with Gasteiger partial charge < -0.3 is 10.1 Å². The molecule has 0 aliphatic heterocycles. The molecular weight excluding hydrogens is 208 g/mol. The smallest absolute Gasteiger partial charge is 0.0794 e. The summed E-state index contributed by atoms with van der Waals surface area (Å²) in [7, 11) is 1.73. The van der Waals surface area contributed by atoms with Crippen LogP contribution in [0.5, 0.6) is 0 Å². The molecule has 0 saturated carbocycles. The Labute approximate surface area is 95.9 Å². The van der Waals surface area contributed by atoms with Gasteiger partial charge in [-0.2, -0.15) is 0 Å². The van der Waals surface area contributed by atoms with Crippen molar-refractivity contribution < 1.29 is 4.74 Å². The van der Waals surface area contributed by atoms with Crippen molar-refractivity contribution in [2.75, 3.05) is 26.8 Å². The van der Waals surface area contributed by atoms with Crippen molar-refractivity contribution in [3.05, 3.63) is 16.6 Å². The van der Waals surface area contributed by atoms with Crippen LogP contribution < -0.4 is 5.32 Å². The zero-order valence-electron chi connectivity index (χ0n) is 9.53. The van der Waals surface area contributed by atoms with Crippen molar-refractivity contribution in [1.82, 2.24) is 10.3 Å². The Hall–Kier alpha value is -0.450. The summed E-state index contributed by atoms with van der Waals surface area (Å²) in [5, 5.41) is 5.54. The lowest BCUT2D eigenvalue weighted by atomic mass is 10.0. The molecule has 1 unspecified atom stereocenters. The van der Waals surface area contributed by atoms with E-state index in [1.54, 1.807) is 18.4 Å². The summed E-state index contributed by atoms with van der Waals surface area (Å²) in [6.07, 6.45) is 2.28. The predicted molar refractivity (Wildman–Crippen MR) is 64.3 cm³/mol. The van der Waals surface area contributed by atoms with Gasteiger partial charge in [0.2, 0.25) is 0 Å². The molecule has 0 amide bonds. The normalized spacial score (nSPS) is 12.9. The highest BCUT2D eigenvalue weighted by molar-refractivity contribution is 7.07. The van der Waals surface area contributed by atoms with Crippen molar-refractivity contribution in [2.24, 2.45) is 5.92 Å². The fraction of sp³-hybridized carbons (Fsp3) is 0.727. The van der Waals surface area contributed by atoms with E-state index in [-0.39, 0.29) is 0 Å². The molecule has 15 heavy (non-hydrogen) atoms. The van der Waals surface area contributed by atoms with Crippen LogP contribution in [-0.4, -0.2) is 31.8 Å². The summed E-state index contributed by atoms with van der Waals surface area (Å²) in [4.78, 5) is 4.31. The Balaban J connectivity index is 2.18. The fourth-order valence-electron chi connectivity index (χ4n) is 1.48. The second-order valence-electron chi connectivity index (χ2n) is 3.66. The van der Waals surface area contributed by atoms with E-state index >= 15 is 0 Å². The van der Waals surface area contributed by atoms with Crippen LogP contribution in [-0.2, 0) is 11.2 Å². The molecule has 1 aromatic heterocycles. The molecule has 0 aromatic carbocycles. The first-order valence-electron chi connectivity index (χ1n) is 5.43. The fourth-order valence-corrected chi connectivity index (χ4v) is 2.05. The van der Waals surface area contributed by atoms with Crippen molar-refractivity contribution in [2.45, 2.75) is 19.8 Å². The van der Waals surface area contributed by atoms with Gasteiger partial charge in [0.05, 0.1) is 17.8 Å². The molecule has 0 fully saturated rings. The van der Waals surface area contributed by atoms with Crippen molar-refractivity contribution in [1.29, 1.82) is 0 Å². The number of methoxy groups -OCH3 is 1. The highest BCUT2D eigenvalue weighted by Crippen LogP contribution is 2.11. The second-order valence-corrected chi connectivity index (χ2v) is 4.37. The van der Waals surface area contributed by atoms with Crippen molar-refractivity contribution in [3.8, 4) is 0 Å². The second kappa shape index (κ2) is 7.79. The van der Waals surface area contributed by atoms with Crippen LogP contribution in [0.3, 0.4) is 0 Å². The SMILES string of the molecule is CCC(CNCCOC)Cc1cscn1. The first-order chi connectivity index (χ1) is 7.36. The van der Waals surface area contributed by atoms with Gasteiger partial charge in [-0.3, -0.25) is 0 Å². The highest BCUT2D eigenvalue weighted by Gasteiger charge is 2.07. The summed E-state index contributed by atoms with van der Waals surface area (Å²) in [6, 6.07) is 0. The number of hydrogen-bond acceptors (Lipinski definition) is 4. The Morgan fingerprint density at radius 2 is 2.47 bits per heavy atom. The zero-order valence-corrected chi connectivity index (χ0v) is 10.3. The van der Waals surface area contributed by atoms with Crippen LogP contribution in [0.25, 0.3) is 0 Å². The molecule has 1 heterocycles. The molecule has 3 nitrogen and oxygen atoms in total. The minimum absolute atomic E-state index is 0.684. The zero-order chi connectivity index (χ0) is 10.9. The first kappa shape index (κ1) is 12.6. The van der Waals surface area contributed by atoms with Crippen molar-refractivity contribution >= 4 is 11.3 Å². The number of ether oxygens (including phenoxy) is 1. The van der Waals surface area contributed by atoms with Gasteiger partial charge in [-0.25, -0.2) is 4.98 Å². The molecule has 1 rings (SSSR count). The summed E-state index contributed by atoms with van der Waals surface area (Å²) in [5.41, 5.74) is 3.13. The van der Waals surface area contributed by atoms with E-state index in [1.165, 1.54) is 12.1 Å². The molecule has 0 radical (unpaired) electrons. The number of rotatable bonds is 8. The Morgan fingerprint density at radius 3 is 3.07 bits per heavy atom. The topological polar surface area (TPSA) is 34.1 Å². The quantitative estimate of drug-likeness (QED) is 0.691. The lowest BCUT2D eigenvalue weighted by molar-refractivity contribution is 0.197. The van der Waals surface area contributed by atoms with Crippen LogP contribution in [0.1, 0.15) is 19.0 Å². The van der Waals surface area contributed by atoms with Gasteiger partial charge in [-0.15, -0.1) is 11.3 Å². The minimum atomic E-state index is 0.684.